The molecule has 1 fully saturated rings. The van der Waals surface area contributed by atoms with E-state index < -0.39 is 0 Å². The summed E-state index contributed by atoms with van der Waals surface area (Å²) in [6.07, 6.45) is 2.74. The Morgan fingerprint density at radius 2 is 2.38 bits per heavy atom. The van der Waals surface area contributed by atoms with Gasteiger partial charge in [-0.15, -0.1) is 0 Å². The highest BCUT2D eigenvalue weighted by Gasteiger charge is 2.32. The molecule has 24 heavy (non-hydrogen) atoms. The first-order valence-electron chi connectivity index (χ1n) is 8.11. The molecule has 0 spiro atoms. The van der Waals surface area contributed by atoms with Crippen LogP contribution >= 0.6 is 0 Å². The molecule has 0 N–H and O–H groups in total. The molecule has 1 aromatic carbocycles. The molecule has 6 nitrogen and oxygen atoms in total. The number of aryl methyl sites for hydroxylation is 1. The van der Waals surface area contributed by atoms with Crippen molar-refractivity contribution >= 4 is 5.91 Å². The minimum atomic E-state index is -0.334. The number of likely N-dealkylation sites (tertiary alicyclic amines) is 1. The number of aromatic nitrogens is 2. The molecule has 0 radical (unpaired) electrons. The number of halogens is 1. The number of benzene rings is 1. The lowest BCUT2D eigenvalue weighted by Crippen LogP contribution is -2.31. The quantitative estimate of drug-likeness (QED) is 0.760. The molecular formula is C17H20FN3O3. The lowest BCUT2D eigenvalue weighted by atomic mass is 10.2. The van der Waals surface area contributed by atoms with E-state index in [0.29, 0.717) is 43.5 Å². The first kappa shape index (κ1) is 16.4. The van der Waals surface area contributed by atoms with E-state index in [-0.39, 0.29) is 17.8 Å². The van der Waals surface area contributed by atoms with E-state index in [2.05, 4.69) is 10.1 Å². The standard InChI is InChI=1S/C17H20FN3O3/c1-12-19-17(20-24-12)15-7-3-9-21(15)16(22)8-4-10-23-14-6-2-5-13(18)11-14/h2,5-6,11,15H,3-4,7-10H2,1H3/t15-/m0/s1. The van der Waals surface area contributed by atoms with E-state index >= 15 is 0 Å². The summed E-state index contributed by atoms with van der Waals surface area (Å²) < 4.78 is 23.5. The topological polar surface area (TPSA) is 68.5 Å². The maximum absolute atomic E-state index is 13.1. The van der Waals surface area contributed by atoms with Crippen LogP contribution in [-0.2, 0) is 4.79 Å². The van der Waals surface area contributed by atoms with Crippen LogP contribution in [0.3, 0.4) is 0 Å². The maximum Gasteiger partial charge on any atom is 0.223 e. The van der Waals surface area contributed by atoms with Crippen molar-refractivity contribution in [2.45, 2.75) is 38.6 Å². The summed E-state index contributed by atoms with van der Waals surface area (Å²) >= 11 is 0. The van der Waals surface area contributed by atoms with Gasteiger partial charge in [0.25, 0.3) is 0 Å². The van der Waals surface area contributed by atoms with Gasteiger partial charge >= 0.3 is 0 Å². The first-order chi connectivity index (χ1) is 11.6. The molecular weight excluding hydrogens is 313 g/mol. The number of hydrogen-bond acceptors (Lipinski definition) is 5. The number of carbonyl (C=O) groups excluding carboxylic acids is 1. The van der Waals surface area contributed by atoms with Gasteiger partial charge < -0.3 is 14.2 Å². The highest BCUT2D eigenvalue weighted by atomic mass is 19.1. The average molecular weight is 333 g/mol. The number of rotatable bonds is 6. The summed E-state index contributed by atoms with van der Waals surface area (Å²) in [6, 6.07) is 5.89. The number of nitrogens with zero attached hydrogens (tertiary/aromatic N) is 3. The van der Waals surface area contributed by atoms with E-state index in [1.165, 1.54) is 12.1 Å². The predicted octanol–water partition coefficient (Wildman–Crippen LogP) is 3.04. The molecule has 1 aromatic heterocycles. The molecule has 2 heterocycles. The summed E-state index contributed by atoms with van der Waals surface area (Å²) in [7, 11) is 0. The summed E-state index contributed by atoms with van der Waals surface area (Å²) in [4.78, 5) is 18.5. The third-order valence-corrected chi connectivity index (χ3v) is 4.01. The van der Waals surface area contributed by atoms with Crippen molar-refractivity contribution in [1.82, 2.24) is 15.0 Å². The fraction of sp³-hybridized carbons (Fsp3) is 0.471. The fourth-order valence-electron chi connectivity index (χ4n) is 2.90. The molecule has 1 amide bonds. The van der Waals surface area contributed by atoms with Gasteiger partial charge in [0.2, 0.25) is 11.8 Å². The molecule has 0 aliphatic carbocycles. The van der Waals surface area contributed by atoms with Crippen LogP contribution in [0.4, 0.5) is 4.39 Å². The zero-order chi connectivity index (χ0) is 16.9. The normalized spacial score (nSPS) is 17.2. The zero-order valence-electron chi connectivity index (χ0n) is 13.6. The SMILES string of the molecule is Cc1nc([C@@H]2CCCN2C(=O)CCCOc2cccc(F)c2)no1. The Kier molecular flexibility index (Phi) is 5.08. The summed E-state index contributed by atoms with van der Waals surface area (Å²) in [5, 5.41) is 3.93. The zero-order valence-corrected chi connectivity index (χ0v) is 13.6. The van der Waals surface area contributed by atoms with Crippen LogP contribution < -0.4 is 4.74 Å². The van der Waals surface area contributed by atoms with Gasteiger partial charge in [-0.25, -0.2) is 4.39 Å². The van der Waals surface area contributed by atoms with Crippen molar-refractivity contribution < 1.29 is 18.4 Å². The second-order valence-corrected chi connectivity index (χ2v) is 5.83. The first-order valence-corrected chi connectivity index (χ1v) is 8.11. The molecule has 1 atom stereocenters. The van der Waals surface area contributed by atoms with Crippen LogP contribution in [0.5, 0.6) is 5.75 Å². The number of carbonyl (C=O) groups is 1. The molecule has 7 heteroatoms. The molecule has 1 aliphatic rings. The van der Waals surface area contributed by atoms with Crippen molar-refractivity contribution in [1.29, 1.82) is 0 Å². The third-order valence-electron chi connectivity index (χ3n) is 4.01. The second-order valence-electron chi connectivity index (χ2n) is 5.83. The molecule has 3 rings (SSSR count). The van der Waals surface area contributed by atoms with Gasteiger partial charge in [0.1, 0.15) is 11.6 Å². The Hall–Kier alpha value is -2.44. The largest absolute Gasteiger partial charge is 0.493 e. The predicted molar refractivity (Wildman–Crippen MR) is 83.9 cm³/mol. The van der Waals surface area contributed by atoms with Gasteiger partial charge in [0.05, 0.1) is 12.6 Å². The van der Waals surface area contributed by atoms with Crippen LogP contribution in [0.15, 0.2) is 28.8 Å². The molecule has 128 valence electrons. The van der Waals surface area contributed by atoms with Crippen LogP contribution in [0.2, 0.25) is 0 Å². The smallest absolute Gasteiger partial charge is 0.223 e. The molecule has 0 unspecified atom stereocenters. The lowest BCUT2D eigenvalue weighted by Gasteiger charge is -2.22. The summed E-state index contributed by atoms with van der Waals surface area (Å²) in [5.41, 5.74) is 0. The van der Waals surface area contributed by atoms with E-state index in [1.54, 1.807) is 19.1 Å². The third kappa shape index (κ3) is 3.90. The minimum Gasteiger partial charge on any atom is -0.493 e. The Labute approximate surface area is 139 Å². The molecule has 1 aliphatic heterocycles. The molecule has 0 bridgehead atoms. The van der Waals surface area contributed by atoms with Gasteiger partial charge in [-0.3, -0.25) is 4.79 Å². The van der Waals surface area contributed by atoms with Gasteiger partial charge in [0.15, 0.2) is 5.82 Å². The van der Waals surface area contributed by atoms with E-state index in [4.69, 9.17) is 9.26 Å². The van der Waals surface area contributed by atoms with Crippen molar-refractivity contribution in [3.05, 3.63) is 41.8 Å². The van der Waals surface area contributed by atoms with Gasteiger partial charge in [0, 0.05) is 26.0 Å². The summed E-state index contributed by atoms with van der Waals surface area (Å²) in [6.45, 7) is 2.82. The summed E-state index contributed by atoms with van der Waals surface area (Å²) in [5.74, 6) is 1.28. The van der Waals surface area contributed by atoms with Crippen LogP contribution in [0, 0.1) is 12.7 Å². The van der Waals surface area contributed by atoms with Gasteiger partial charge in [-0.1, -0.05) is 11.2 Å². The number of amides is 1. The van der Waals surface area contributed by atoms with Crippen LogP contribution in [0.1, 0.15) is 43.4 Å². The van der Waals surface area contributed by atoms with Crippen LogP contribution in [0.25, 0.3) is 0 Å². The number of hydrogen-bond donors (Lipinski definition) is 0. The van der Waals surface area contributed by atoms with Gasteiger partial charge in [-0.2, -0.15) is 4.98 Å². The van der Waals surface area contributed by atoms with Crippen molar-refractivity contribution in [2.75, 3.05) is 13.2 Å². The number of ether oxygens (including phenoxy) is 1. The van der Waals surface area contributed by atoms with Crippen molar-refractivity contribution in [3.63, 3.8) is 0 Å². The molecule has 2 aromatic rings. The Morgan fingerprint density at radius 1 is 1.50 bits per heavy atom. The van der Waals surface area contributed by atoms with Crippen LogP contribution in [-0.4, -0.2) is 34.1 Å². The minimum absolute atomic E-state index is 0.0581. The Morgan fingerprint density at radius 3 is 3.12 bits per heavy atom. The Bertz CT molecular complexity index is 704. The highest BCUT2D eigenvalue weighted by Crippen LogP contribution is 2.30. The van der Waals surface area contributed by atoms with Crippen molar-refractivity contribution in [3.8, 4) is 5.75 Å². The van der Waals surface area contributed by atoms with E-state index in [9.17, 15) is 9.18 Å². The molecule has 0 saturated carbocycles. The lowest BCUT2D eigenvalue weighted by molar-refractivity contribution is -0.132. The van der Waals surface area contributed by atoms with E-state index in [1.807, 2.05) is 4.90 Å². The van der Waals surface area contributed by atoms with E-state index in [0.717, 1.165) is 12.8 Å². The second kappa shape index (κ2) is 7.42. The average Bonchev–Trinajstić information content (AvgIpc) is 3.20. The van der Waals surface area contributed by atoms with Crippen molar-refractivity contribution in [2.24, 2.45) is 0 Å². The Balaban J connectivity index is 1.47. The highest BCUT2D eigenvalue weighted by molar-refractivity contribution is 5.76. The fourth-order valence-corrected chi connectivity index (χ4v) is 2.90. The monoisotopic (exact) mass is 333 g/mol. The van der Waals surface area contributed by atoms with Gasteiger partial charge in [-0.05, 0) is 31.4 Å². The maximum atomic E-state index is 13.1. The molecule has 1 saturated heterocycles.